The van der Waals surface area contributed by atoms with E-state index in [-0.39, 0.29) is 11.8 Å². The summed E-state index contributed by atoms with van der Waals surface area (Å²) in [6.45, 7) is 2.98. The van der Waals surface area contributed by atoms with Gasteiger partial charge >= 0.3 is 5.97 Å². The van der Waals surface area contributed by atoms with Crippen LogP contribution in [0.25, 0.3) is 0 Å². The molecule has 6 nitrogen and oxygen atoms in total. The number of primary amides is 1. The minimum absolute atomic E-state index is 0.150. The summed E-state index contributed by atoms with van der Waals surface area (Å²) in [6, 6.07) is 4.70. The Hall–Kier alpha value is -2.08. The number of aryl methyl sites for hydroxylation is 1. The topological polar surface area (TPSA) is 92.9 Å². The maximum absolute atomic E-state index is 11.8. The zero-order chi connectivity index (χ0) is 16.3. The standard InChI is InChI=1S/C16H22N2O4/c1-10-9-12(22-2)3-4-13(10)14(16(20)21)18-7-5-11(6-8-18)15(17)19/h3-4,9,11,14H,5-8H2,1-2H3,(H2,17,19)(H,20,21)/t14-/m0/s1. The highest BCUT2D eigenvalue weighted by atomic mass is 16.5. The molecule has 1 heterocycles. The van der Waals surface area contributed by atoms with E-state index in [4.69, 9.17) is 10.5 Å². The van der Waals surface area contributed by atoms with Crippen molar-refractivity contribution in [2.24, 2.45) is 11.7 Å². The van der Waals surface area contributed by atoms with Crippen LogP contribution in [0.5, 0.6) is 5.75 Å². The first-order valence-corrected chi connectivity index (χ1v) is 7.34. The number of hydrogen-bond acceptors (Lipinski definition) is 4. The summed E-state index contributed by atoms with van der Waals surface area (Å²) in [7, 11) is 1.58. The largest absolute Gasteiger partial charge is 0.497 e. The van der Waals surface area contributed by atoms with Crippen LogP contribution >= 0.6 is 0 Å². The first-order chi connectivity index (χ1) is 10.4. The molecule has 1 atom stereocenters. The number of carbonyl (C=O) groups excluding carboxylic acids is 1. The second-order valence-electron chi connectivity index (χ2n) is 5.68. The third-order valence-electron chi connectivity index (χ3n) is 4.30. The molecule has 1 aromatic rings. The fraction of sp³-hybridized carbons (Fsp3) is 0.500. The number of aliphatic carboxylic acids is 1. The lowest BCUT2D eigenvalue weighted by atomic mass is 9.92. The van der Waals surface area contributed by atoms with Gasteiger partial charge in [0.1, 0.15) is 11.8 Å². The second-order valence-corrected chi connectivity index (χ2v) is 5.68. The van der Waals surface area contributed by atoms with E-state index in [1.807, 2.05) is 17.9 Å². The maximum atomic E-state index is 11.8. The van der Waals surface area contributed by atoms with Crippen molar-refractivity contribution in [1.29, 1.82) is 0 Å². The first-order valence-electron chi connectivity index (χ1n) is 7.34. The molecule has 3 N–H and O–H groups in total. The highest BCUT2D eigenvalue weighted by molar-refractivity contribution is 5.77. The van der Waals surface area contributed by atoms with Gasteiger partial charge in [-0.3, -0.25) is 14.5 Å². The molecular weight excluding hydrogens is 284 g/mol. The fourth-order valence-electron chi connectivity index (χ4n) is 3.01. The molecule has 1 saturated heterocycles. The molecular formula is C16H22N2O4. The Morgan fingerprint density at radius 3 is 2.45 bits per heavy atom. The van der Waals surface area contributed by atoms with Gasteiger partial charge in [0.25, 0.3) is 0 Å². The van der Waals surface area contributed by atoms with Crippen LogP contribution in [0.3, 0.4) is 0 Å². The zero-order valence-corrected chi connectivity index (χ0v) is 12.9. The summed E-state index contributed by atoms with van der Waals surface area (Å²) >= 11 is 0. The average molecular weight is 306 g/mol. The Balaban J connectivity index is 2.21. The summed E-state index contributed by atoms with van der Waals surface area (Å²) in [4.78, 5) is 24.9. The molecule has 0 aromatic heterocycles. The first kappa shape index (κ1) is 16.3. The van der Waals surface area contributed by atoms with Crippen LogP contribution in [-0.2, 0) is 9.59 Å². The SMILES string of the molecule is COc1ccc([C@@H](C(=O)O)N2CCC(C(N)=O)CC2)c(C)c1. The molecule has 1 aliphatic rings. The van der Waals surface area contributed by atoms with E-state index in [2.05, 4.69) is 0 Å². The van der Waals surface area contributed by atoms with Gasteiger partial charge in [-0.2, -0.15) is 0 Å². The van der Waals surface area contributed by atoms with Gasteiger partial charge in [0, 0.05) is 19.0 Å². The van der Waals surface area contributed by atoms with Crippen LogP contribution in [0.15, 0.2) is 18.2 Å². The number of carboxylic acid groups (broad SMARTS) is 1. The summed E-state index contributed by atoms with van der Waals surface area (Å²) < 4.78 is 5.16. The van der Waals surface area contributed by atoms with Gasteiger partial charge in [-0.05, 0) is 43.0 Å². The number of carboxylic acids is 1. The number of piperidine rings is 1. The highest BCUT2D eigenvalue weighted by Gasteiger charge is 2.33. The number of hydrogen-bond donors (Lipinski definition) is 2. The van der Waals surface area contributed by atoms with Crippen molar-refractivity contribution in [1.82, 2.24) is 4.90 Å². The Morgan fingerprint density at radius 2 is 2.00 bits per heavy atom. The van der Waals surface area contributed by atoms with Crippen LogP contribution in [-0.4, -0.2) is 42.1 Å². The van der Waals surface area contributed by atoms with Crippen molar-refractivity contribution < 1.29 is 19.4 Å². The highest BCUT2D eigenvalue weighted by Crippen LogP contribution is 2.30. The lowest BCUT2D eigenvalue weighted by Gasteiger charge is -2.35. The molecule has 120 valence electrons. The molecule has 0 aliphatic carbocycles. The number of methoxy groups -OCH3 is 1. The quantitative estimate of drug-likeness (QED) is 0.856. The number of ether oxygens (including phenoxy) is 1. The van der Waals surface area contributed by atoms with Crippen molar-refractivity contribution in [2.75, 3.05) is 20.2 Å². The third kappa shape index (κ3) is 3.39. The summed E-state index contributed by atoms with van der Waals surface area (Å²) in [5.41, 5.74) is 6.96. The normalized spacial score (nSPS) is 17.9. The summed E-state index contributed by atoms with van der Waals surface area (Å²) in [6.07, 6.45) is 1.21. The van der Waals surface area contributed by atoms with Crippen molar-refractivity contribution >= 4 is 11.9 Å². The number of carbonyl (C=O) groups is 2. The molecule has 0 radical (unpaired) electrons. The molecule has 22 heavy (non-hydrogen) atoms. The monoisotopic (exact) mass is 306 g/mol. The minimum Gasteiger partial charge on any atom is -0.497 e. The number of rotatable bonds is 5. The lowest BCUT2D eigenvalue weighted by molar-refractivity contribution is -0.144. The molecule has 0 bridgehead atoms. The lowest BCUT2D eigenvalue weighted by Crippen LogP contribution is -2.43. The van der Waals surface area contributed by atoms with E-state index in [1.165, 1.54) is 0 Å². The van der Waals surface area contributed by atoms with E-state index in [1.54, 1.807) is 19.2 Å². The van der Waals surface area contributed by atoms with Gasteiger partial charge in [0.05, 0.1) is 7.11 Å². The smallest absolute Gasteiger partial charge is 0.325 e. The van der Waals surface area contributed by atoms with Crippen LogP contribution in [0, 0.1) is 12.8 Å². The van der Waals surface area contributed by atoms with E-state index >= 15 is 0 Å². The van der Waals surface area contributed by atoms with E-state index in [0.717, 1.165) is 11.1 Å². The van der Waals surface area contributed by atoms with Crippen LogP contribution in [0.1, 0.15) is 30.0 Å². The minimum atomic E-state index is -0.884. The van der Waals surface area contributed by atoms with E-state index in [9.17, 15) is 14.7 Å². The molecule has 0 unspecified atom stereocenters. The Morgan fingerprint density at radius 1 is 1.36 bits per heavy atom. The molecule has 0 saturated carbocycles. The van der Waals surface area contributed by atoms with Gasteiger partial charge in [-0.1, -0.05) is 6.07 Å². The fourth-order valence-corrected chi connectivity index (χ4v) is 3.01. The van der Waals surface area contributed by atoms with E-state index < -0.39 is 12.0 Å². The zero-order valence-electron chi connectivity index (χ0n) is 12.9. The van der Waals surface area contributed by atoms with Crippen LogP contribution in [0.2, 0.25) is 0 Å². The summed E-state index contributed by atoms with van der Waals surface area (Å²) in [5, 5.41) is 9.64. The molecule has 1 aliphatic heterocycles. The Labute approximate surface area is 129 Å². The molecule has 2 rings (SSSR count). The average Bonchev–Trinajstić information content (AvgIpc) is 2.49. The number of amides is 1. The van der Waals surface area contributed by atoms with Gasteiger partial charge in [-0.15, -0.1) is 0 Å². The number of benzene rings is 1. The summed E-state index contributed by atoms with van der Waals surface area (Å²) in [5.74, 6) is -0.626. The molecule has 1 aromatic carbocycles. The van der Waals surface area contributed by atoms with Gasteiger partial charge < -0.3 is 15.6 Å². The molecule has 6 heteroatoms. The van der Waals surface area contributed by atoms with Gasteiger partial charge in [0.15, 0.2) is 0 Å². The number of nitrogens with zero attached hydrogens (tertiary/aromatic N) is 1. The van der Waals surface area contributed by atoms with E-state index in [0.29, 0.717) is 31.7 Å². The predicted octanol–water partition coefficient (Wildman–Crippen LogP) is 1.33. The van der Waals surface area contributed by atoms with Crippen molar-refractivity contribution in [2.45, 2.75) is 25.8 Å². The van der Waals surface area contributed by atoms with Crippen molar-refractivity contribution in [3.63, 3.8) is 0 Å². The molecule has 1 amide bonds. The number of likely N-dealkylation sites (tertiary alicyclic amines) is 1. The number of nitrogens with two attached hydrogens (primary N) is 1. The Kier molecular flexibility index (Phi) is 5.03. The van der Waals surface area contributed by atoms with Gasteiger partial charge in [0.2, 0.25) is 5.91 Å². The maximum Gasteiger partial charge on any atom is 0.325 e. The van der Waals surface area contributed by atoms with Gasteiger partial charge in [-0.25, -0.2) is 0 Å². The van der Waals surface area contributed by atoms with Crippen LogP contribution < -0.4 is 10.5 Å². The Bertz CT molecular complexity index is 565. The third-order valence-corrected chi connectivity index (χ3v) is 4.30. The van der Waals surface area contributed by atoms with Crippen LogP contribution in [0.4, 0.5) is 0 Å². The second kappa shape index (κ2) is 6.79. The molecule has 0 spiro atoms. The molecule has 1 fully saturated rings. The predicted molar refractivity (Wildman–Crippen MR) is 81.6 cm³/mol. The van der Waals surface area contributed by atoms with Crippen molar-refractivity contribution in [3.8, 4) is 5.75 Å². The van der Waals surface area contributed by atoms with Crippen molar-refractivity contribution in [3.05, 3.63) is 29.3 Å².